The van der Waals surface area contributed by atoms with E-state index >= 15 is 4.39 Å². The number of urea groups is 1. The Balaban J connectivity index is 1.17. The average Bonchev–Trinajstić information content (AvgIpc) is 3.42. The van der Waals surface area contributed by atoms with Crippen molar-refractivity contribution < 1.29 is 18.8 Å². The zero-order valence-corrected chi connectivity index (χ0v) is 23.0. The smallest absolute Gasteiger partial charge is 0.322 e. The number of para-hydroxylation sites is 2. The zero-order valence-electron chi connectivity index (χ0n) is 23.0. The highest BCUT2D eigenvalue weighted by atomic mass is 19.1. The quantitative estimate of drug-likeness (QED) is 0.376. The first-order chi connectivity index (χ1) is 20.4. The lowest BCUT2D eigenvalue weighted by Crippen LogP contribution is -2.51. The van der Waals surface area contributed by atoms with E-state index in [1.54, 1.807) is 12.1 Å². The minimum Gasteiger partial charge on any atom is -0.334 e. The van der Waals surface area contributed by atoms with Gasteiger partial charge in [-0.3, -0.25) is 14.5 Å². The number of benzene rings is 3. The maximum absolute atomic E-state index is 15.0. The van der Waals surface area contributed by atoms with Crippen molar-refractivity contribution in [3.05, 3.63) is 94.6 Å². The van der Waals surface area contributed by atoms with E-state index in [1.807, 2.05) is 42.2 Å². The highest BCUT2D eigenvalue weighted by Gasteiger charge is 2.35. The Hall–Kier alpha value is -5.13. The van der Waals surface area contributed by atoms with E-state index in [1.165, 1.54) is 22.6 Å². The number of carbonyl (C=O) groups is 3. The van der Waals surface area contributed by atoms with Gasteiger partial charge in [-0.1, -0.05) is 35.5 Å². The standard InChI is InChI=1S/C30H29FN8O3/c1-19-15-21(29(41)37-14-5-4-8-20-7-2-3-10-24(20)37)12-13-22(19)16-32-30(42)39-18-27(40)38(17-26-33-35-36-34-26)25-11-6-9-23(31)28(25)39/h2-3,6-7,9-13,15H,4-5,8,14,16-18H2,1H3,(H,32,42)(H,33,34,35,36). The molecule has 2 aliphatic heterocycles. The van der Waals surface area contributed by atoms with Gasteiger partial charge in [0.05, 0.1) is 12.2 Å². The molecular formula is C30H29FN8O3. The molecule has 214 valence electrons. The second-order valence-electron chi connectivity index (χ2n) is 10.3. The van der Waals surface area contributed by atoms with Gasteiger partial charge in [0, 0.05) is 24.3 Å². The Morgan fingerprint density at radius 2 is 1.86 bits per heavy atom. The van der Waals surface area contributed by atoms with Gasteiger partial charge in [0.2, 0.25) is 5.91 Å². The van der Waals surface area contributed by atoms with Crippen LogP contribution in [0.25, 0.3) is 0 Å². The first-order valence-corrected chi connectivity index (χ1v) is 13.8. The highest BCUT2D eigenvalue weighted by Crippen LogP contribution is 2.36. The summed E-state index contributed by atoms with van der Waals surface area (Å²) in [5.74, 6) is -0.856. The summed E-state index contributed by atoms with van der Waals surface area (Å²) >= 11 is 0. The number of aromatic nitrogens is 4. The summed E-state index contributed by atoms with van der Waals surface area (Å²) in [4.78, 5) is 44.1. The van der Waals surface area contributed by atoms with Crippen molar-refractivity contribution in [2.24, 2.45) is 0 Å². The Labute approximate surface area is 241 Å². The first kappa shape index (κ1) is 27.1. The molecule has 0 saturated carbocycles. The fourth-order valence-electron chi connectivity index (χ4n) is 5.51. The van der Waals surface area contributed by atoms with Gasteiger partial charge in [-0.05, 0) is 73.2 Å². The molecule has 3 heterocycles. The molecule has 0 saturated heterocycles. The van der Waals surface area contributed by atoms with Crippen LogP contribution >= 0.6 is 0 Å². The van der Waals surface area contributed by atoms with Crippen LogP contribution in [-0.4, -0.2) is 51.6 Å². The monoisotopic (exact) mass is 568 g/mol. The lowest BCUT2D eigenvalue weighted by atomic mass is 10.0. The summed E-state index contributed by atoms with van der Waals surface area (Å²) in [6.07, 6.45) is 2.92. The van der Waals surface area contributed by atoms with Crippen LogP contribution in [0.4, 0.5) is 26.2 Å². The number of nitrogens with one attached hydrogen (secondary N) is 2. The largest absolute Gasteiger partial charge is 0.334 e. The van der Waals surface area contributed by atoms with Crippen LogP contribution in [0.15, 0.2) is 60.7 Å². The number of tetrazole rings is 1. The van der Waals surface area contributed by atoms with Gasteiger partial charge < -0.3 is 15.1 Å². The fourth-order valence-corrected chi connectivity index (χ4v) is 5.51. The van der Waals surface area contributed by atoms with Crippen LogP contribution in [0.3, 0.4) is 0 Å². The van der Waals surface area contributed by atoms with Gasteiger partial charge in [-0.15, -0.1) is 10.2 Å². The summed E-state index contributed by atoms with van der Waals surface area (Å²) in [5.41, 5.74) is 4.55. The molecule has 3 aromatic carbocycles. The van der Waals surface area contributed by atoms with Gasteiger partial charge in [-0.25, -0.2) is 9.18 Å². The molecule has 12 heteroatoms. The molecule has 2 aliphatic rings. The number of aromatic amines is 1. The van der Waals surface area contributed by atoms with Crippen LogP contribution in [0, 0.1) is 12.7 Å². The molecule has 1 aromatic heterocycles. The summed E-state index contributed by atoms with van der Waals surface area (Å²) in [5, 5.41) is 16.4. The van der Waals surface area contributed by atoms with Gasteiger partial charge in [0.25, 0.3) is 5.91 Å². The van der Waals surface area contributed by atoms with Crippen LogP contribution in [-0.2, 0) is 24.3 Å². The maximum Gasteiger partial charge on any atom is 0.322 e. The molecular weight excluding hydrogens is 539 g/mol. The number of rotatable bonds is 5. The molecule has 11 nitrogen and oxygen atoms in total. The second-order valence-corrected chi connectivity index (χ2v) is 10.3. The van der Waals surface area contributed by atoms with Gasteiger partial charge >= 0.3 is 6.03 Å². The number of halogens is 1. The van der Waals surface area contributed by atoms with Gasteiger partial charge in [0.1, 0.15) is 18.0 Å². The molecule has 0 bridgehead atoms. The van der Waals surface area contributed by atoms with Crippen molar-refractivity contribution in [1.29, 1.82) is 0 Å². The molecule has 0 radical (unpaired) electrons. The lowest BCUT2D eigenvalue weighted by Gasteiger charge is -2.35. The van der Waals surface area contributed by atoms with Crippen molar-refractivity contribution in [2.45, 2.75) is 39.3 Å². The first-order valence-electron chi connectivity index (χ1n) is 13.8. The number of aryl methyl sites for hydroxylation is 2. The molecule has 0 unspecified atom stereocenters. The van der Waals surface area contributed by atoms with Crippen molar-refractivity contribution >= 4 is 34.9 Å². The predicted octanol–water partition coefficient (Wildman–Crippen LogP) is 3.89. The summed E-state index contributed by atoms with van der Waals surface area (Å²) in [7, 11) is 0. The van der Waals surface area contributed by atoms with Crippen molar-refractivity contribution in [2.75, 3.05) is 27.8 Å². The number of amides is 4. The number of carbonyl (C=O) groups excluding carboxylic acids is 3. The van der Waals surface area contributed by atoms with E-state index in [0.29, 0.717) is 12.1 Å². The topological polar surface area (TPSA) is 127 Å². The third-order valence-electron chi connectivity index (χ3n) is 7.68. The minimum atomic E-state index is -0.637. The van der Waals surface area contributed by atoms with E-state index in [0.717, 1.165) is 41.0 Å². The molecule has 0 spiro atoms. The van der Waals surface area contributed by atoms with E-state index in [9.17, 15) is 14.4 Å². The molecule has 4 amide bonds. The number of anilines is 3. The van der Waals surface area contributed by atoms with Crippen LogP contribution in [0.5, 0.6) is 0 Å². The molecule has 6 rings (SSSR count). The SMILES string of the molecule is Cc1cc(C(=O)N2CCCCc3ccccc32)ccc1CNC(=O)N1CC(=O)N(Cc2nn[nH]n2)c2cccc(F)c21. The Bertz CT molecular complexity index is 1660. The Kier molecular flexibility index (Phi) is 7.34. The normalized spacial score (nSPS) is 14.7. The van der Waals surface area contributed by atoms with Crippen LogP contribution in [0.1, 0.15) is 45.7 Å². The van der Waals surface area contributed by atoms with Crippen molar-refractivity contribution in [3.63, 3.8) is 0 Å². The van der Waals surface area contributed by atoms with E-state index < -0.39 is 17.8 Å². The third-order valence-corrected chi connectivity index (χ3v) is 7.68. The summed E-state index contributed by atoms with van der Waals surface area (Å²) < 4.78 is 15.0. The van der Waals surface area contributed by atoms with Gasteiger partial charge in [0.15, 0.2) is 5.82 Å². The number of H-pyrrole nitrogens is 1. The number of fused-ring (bicyclic) bond motifs is 2. The van der Waals surface area contributed by atoms with E-state index in [-0.39, 0.29) is 42.7 Å². The lowest BCUT2D eigenvalue weighted by molar-refractivity contribution is -0.117. The molecule has 42 heavy (non-hydrogen) atoms. The summed E-state index contributed by atoms with van der Waals surface area (Å²) in [6.45, 7) is 2.29. The Morgan fingerprint density at radius 3 is 2.67 bits per heavy atom. The highest BCUT2D eigenvalue weighted by molar-refractivity contribution is 6.11. The van der Waals surface area contributed by atoms with Crippen molar-refractivity contribution in [3.8, 4) is 0 Å². The predicted molar refractivity (Wildman–Crippen MR) is 154 cm³/mol. The second kappa shape index (κ2) is 11.4. The fraction of sp³-hybridized carbons (Fsp3) is 0.267. The molecule has 0 atom stereocenters. The number of nitrogens with zero attached hydrogens (tertiary/aromatic N) is 6. The van der Waals surface area contributed by atoms with E-state index in [2.05, 4.69) is 32.0 Å². The molecule has 2 N–H and O–H groups in total. The van der Waals surface area contributed by atoms with Gasteiger partial charge in [-0.2, -0.15) is 5.21 Å². The number of hydrogen-bond donors (Lipinski definition) is 2. The Morgan fingerprint density at radius 1 is 1.02 bits per heavy atom. The third kappa shape index (κ3) is 5.18. The molecule has 0 fully saturated rings. The van der Waals surface area contributed by atoms with Crippen LogP contribution in [0.2, 0.25) is 0 Å². The van der Waals surface area contributed by atoms with Crippen molar-refractivity contribution in [1.82, 2.24) is 25.9 Å². The van der Waals surface area contributed by atoms with E-state index in [4.69, 9.17) is 0 Å². The molecule has 4 aromatic rings. The van der Waals surface area contributed by atoms with Crippen LogP contribution < -0.4 is 20.0 Å². The minimum absolute atomic E-state index is 0.00603. The zero-order chi connectivity index (χ0) is 29.2. The average molecular weight is 569 g/mol. The maximum atomic E-state index is 15.0. The molecule has 0 aliphatic carbocycles. The number of hydrogen-bond acceptors (Lipinski definition) is 6. The summed E-state index contributed by atoms with van der Waals surface area (Å²) in [6, 6.07) is 17.1.